The molecule has 1 aromatic rings. The van der Waals surface area contributed by atoms with Gasteiger partial charge in [-0.3, -0.25) is 4.79 Å². The molecule has 0 aromatic heterocycles. The molecule has 0 heterocycles. The number of nitrogens with two attached hydrogens (primary N) is 1. The Morgan fingerprint density at radius 1 is 1.62 bits per heavy atom. The zero-order chi connectivity index (χ0) is 10.0. The molecule has 0 aliphatic heterocycles. The van der Waals surface area contributed by atoms with Gasteiger partial charge in [0.1, 0.15) is 11.9 Å². The van der Waals surface area contributed by atoms with Crippen molar-refractivity contribution in [3.05, 3.63) is 33.1 Å². The normalized spacial score (nSPS) is 12.5. The SMILES string of the molecule is N[C@H](C(=O)O)c1cc(I)ccc1F. The fraction of sp³-hybridized carbons (Fsp3) is 0.125. The second-order valence-electron chi connectivity index (χ2n) is 2.48. The van der Waals surface area contributed by atoms with E-state index in [4.69, 9.17) is 10.8 Å². The Morgan fingerprint density at radius 3 is 2.77 bits per heavy atom. The molecule has 0 bridgehead atoms. The first-order chi connectivity index (χ1) is 6.02. The van der Waals surface area contributed by atoms with Crippen LogP contribution in [0.25, 0.3) is 0 Å². The third-order valence-corrected chi connectivity index (χ3v) is 2.23. The van der Waals surface area contributed by atoms with Crippen LogP contribution < -0.4 is 5.73 Å². The van der Waals surface area contributed by atoms with Gasteiger partial charge in [0, 0.05) is 9.13 Å². The van der Waals surface area contributed by atoms with Crippen molar-refractivity contribution in [1.29, 1.82) is 0 Å². The monoisotopic (exact) mass is 295 g/mol. The fourth-order valence-corrected chi connectivity index (χ4v) is 1.40. The highest BCUT2D eigenvalue weighted by Gasteiger charge is 2.18. The van der Waals surface area contributed by atoms with Gasteiger partial charge in [-0.05, 0) is 40.8 Å². The van der Waals surface area contributed by atoms with Crippen molar-refractivity contribution in [2.24, 2.45) is 5.73 Å². The molecule has 0 fully saturated rings. The summed E-state index contributed by atoms with van der Waals surface area (Å²) in [7, 11) is 0. The summed E-state index contributed by atoms with van der Waals surface area (Å²) in [5, 5.41) is 8.56. The molecule has 0 saturated heterocycles. The number of hydrogen-bond acceptors (Lipinski definition) is 2. The first-order valence-electron chi connectivity index (χ1n) is 3.45. The largest absolute Gasteiger partial charge is 0.480 e. The van der Waals surface area contributed by atoms with Gasteiger partial charge in [-0.25, -0.2) is 4.39 Å². The van der Waals surface area contributed by atoms with Crippen molar-refractivity contribution >= 4 is 28.6 Å². The standard InChI is InChI=1S/C8H7FINO2/c9-6-2-1-4(10)3-5(6)7(11)8(12)13/h1-3,7H,11H2,(H,12,13)/t7-/m0/s1. The number of aliphatic carboxylic acids is 1. The predicted molar refractivity (Wildman–Crippen MR) is 53.7 cm³/mol. The lowest BCUT2D eigenvalue weighted by Crippen LogP contribution is -2.21. The van der Waals surface area contributed by atoms with Crippen LogP contribution in [0.15, 0.2) is 18.2 Å². The van der Waals surface area contributed by atoms with Gasteiger partial charge < -0.3 is 10.8 Å². The number of benzene rings is 1. The van der Waals surface area contributed by atoms with Crippen LogP contribution in [0.1, 0.15) is 11.6 Å². The zero-order valence-corrected chi connectivity index (χ0v) is 8.66. The van der Waals surface area contributed by atoms with E-state index in [1.807, 2.05) is 22.6 Å². The minimum absolute atomic E-state index is 0.0133. The second-order valence-corrected chi connectivity index (χ2v) is 3.73. The Bertz CT molecular complexity index is 343. The van der Waals surface area contributed by atoms with E-state index in [1.165, 1.54) is 12.1 Å². The molecule has 70 valence electrons. The number of halogens is 2. The third-order valence-electron chi connectivity index (χ3n) is 1.56. The summed E-state index contributed by atoms with van der Waals surface area (Å²) < 4.78 is 13.8. The van der Waals surface area contributed by atoms with E-state index in [1.54, 1.807) is 6.07 Å². The Balaban J connectivity index is 3.12. The highest BCUT2D eigenvalue weighted by Crippen LogP contribution is 2.18. The van der Waals surface area contributed by atoms with Crippen LogP contribution in [0.3, 0.4) is 0 Å². The van der Waals surface area contributed by atoms with Gasteiger partial charge in [0.2, 0.25) is 0 Å². The second kappa shape index (κ2) is 4.01. The first-order valence-corrected chi connectivity index (χ1v) is 4.53. The van der Waals surface area contributed by atoms with Gasteiger partial charge >= 0.3 is 5.97 Å². The molecule has 0 aliphatic rings. The quantitative estimate of drug-likeness (QED) is 0.813. The van der Waals surface area contributed by atoms with E-state index in [2.05, 4.69) is 0 Å². The van der Waals surface area contributed by atoms with Gasteiger partial charge in [-0.2, -0.15) is 0 Å². The number of hydrogen-bond donors (Lipinski definition) is 2. The average molecular weight is 295 g/mol. The van der Waals surface area contributed by atoms with Gasteiger partial charge in [0.15, 0.2) is 0 Å². The molecule has 13 heavy (non-hydrogen) atoms. The maximum absolute atomic E-state index is 13.0. The molecule has 0 amide bonds. The van der Waals surface area contributed by atoms with Gasteiger partial charge in [0.05, 0.1) is 0 Å². The highest BCUT2D eigenvalue weighted by molar-refractivity contribution is 14.1. The van der Waals surface area contributed by atoms with Gasteiger partial charge in [0.25, 0.3) is 0 Å². The number of carbonyl (C=O) groups is 1. The van der Waals surface area contributed by atoms with Crippen LogP contribution in [-0.2, 0) is 4.79 Å². The molecular formula is C8H7FINO2. The summed E-state index contributed by atoms with van der Waals surface area (Å²) in [6.07, 6.45) is 0. The molecule has 0 saturated carbocycles. The summed E-state index contributed by atoms with van der Waals surface area (Å²) in [4.78, 5) is 10.5. The summed E-state index contributed by atoms with van der Waals surface area (Å²) >= 11 is 1.96. The van der Waals surface area contributed by atoms with Crippen molar-refractivity contribution in [3.63, 3.8) is 0 Å². The van der Waals surface area contributed by atoms with Crippen LogP contribution in [0.4, 0.5) is 4.39 Å². The summed E-state index contributed by atoms with van der Waals surface area (Å²) in [6, 6.07) is 2.89. The Kier molecular flexibility index (Phi) is 3.21. The molecule has 0 radical (unpaired) electrons. The predicted octanol–water partition coefficient (Wildman–Crippen LogP) is 1.51. The number of carboxylic acids is 1. The van der Waals surface area contributed by atoms with E-state index in [0.29, 0.717) is 0 Å². The minimum Gasteiger partial charge on any atom is -0.480 e. The molecule has 0 unspecified atom stereocenters. The fourth-order valence-electron chi connectivity index (χ4n) is 0.886. The van der Waals surface area contributed by atoms with Crippen molar-refractivity contribution in [2.45, 2.75) is 6.04 Å². The van der Waals surface area contributed by atoms with E-state index in [-0.39, 0.29) is 5.56 Å². The van der Waals surface area contributed by atoms with Crippen molar-refractivity contribution in [3.8, 4) is 0 Å². The van der Waals surface area contributed by atoms with Gasteiger partial charge in [-0.15, -0.1) is 0 Å². The van der Waals surface area contributed by atoms with E-state index in [9.17, 15) is 9.18 Å². The van der Waals surface area contributed by atoms with Crippen molar-refractivity contribution in [1.82, 2.24) is 0 Å². The Hall–Kier alpha value is -0.690. The van der Waals surface area contributed by atoms with Crippen molar-refractivity contribution < 1.29 is 14.3 Å². The molecule has 5 heteroatoms. The van der Waals surface area contributed by atoms with Crippen LogP contribution in [-0.4, -0.2) is 11.1 Å². The highest BCUT2D eigenvalue weighted by atomic mass is 127. The minimum atomic E-state index is -1.30. The third kappa shape index (κ3) is 2.38. The molecular weight excluding hydrogens is 288 g/mol. The van der Waals surface area contributed by atoms with Crippen LogP contribution in [0.5, 0.6) is 0 Å². The Morgan fingerprint density at radius 2 is 2.23 bits per heavy atom. The van der Waals surface area contributed by atoms with E-state index < -0.39 is 17.8 Å². The number of carboxylic acid groups (broad SMARTS) is 1. The summed E-state index contributed by atoms with van der Waals surface area (Å²) in [6.45, 7) is 0. The smallest absolute Gasteiger partial charge is 0.325 e. The molecule has 3 nitrogen and oxygen atoms in total. The lowest BCUT2D eigenvalue weighted by molar-refractivity contribution is -0.138. The first kappa shape index (κ1) is 10.4. The average Bonchev–Trinajstić information content (AvgIpc) is 2.08. The molecule has 1 atom stereocenters. The molecule has 1 aromatic carbocycles. The lowest BCUT2D eigenvalue weighted by Gasteiger charge is -2.07. The van der Waals surface area contributed by atoms with Crippen LogP contribution in [0.2, 0.25) is 0 Å². The zero-order valence-electron chi connectivity index (χ0n) is 6.50. The van der Waals surface area contributed by atoms with Gasteiger partial charge in [-0.1, -0.05) is 0 Å². The molecule has 3 N–H and O–H groups in total. The van der Waals surface area contributed by atoms with E-state index in [0.717, 1.165) is 3.57 Å². The number of rotatable bonds is 2. The molecule has 0 aliphatic carbocycles. The summed E-state index contributed by atoms with van der Waals surface area (Å²) in [5.74, 6) is -1.82. The van der Waals surface area contributed by atoms with E-state index >= 15 is 0 Å². The lowest BCUT2D eigenvalue weighted by atomic mass is 10.1. The Labute approximate surface area is 87.9 Å². The van der Waals surface area contributed by atoms with Crippen molar-refractivity contribution in [2.75, 3.05) is 0 Å². The molecule has 1 rings (SSSR count). The summed E-state index contributed by atoms with van der Waals surface area (Å²) in [5.41, 5.74) is 5.28. The molecule has 0 spiro atoms. The van der Waals surface area contributed by atoms with Crippen LogP contribution >= 0.6 is 22.6 Å². The van der Waals surface area contributed by atoms with Crippen LogP contribution in [0, 0.1) is 9.39 Å². The maximum atomic E-state index is 13.0. The topological polar surface area (TPSA) is 63.3 Å². The maximum Gasteiger partial charge on any atom is 0.325 e.